The summed E-state index contributed by atoms with van der Waals surface area (Å²) in [5, 5.41) is 11.6. The molecule has 0 aliphatic heterocycles. The first-order chi connectivity index (χ1) is 11.5. The molecule has 5 heteroatoms. The third-order valence-corrected chi connectivity index (χ3v) is 4.39. The van der Waals surface area contributed by atoms with Gasteiger partial charge in [-0.2, -0.15) is 0 Å². The van der Waals surface area contributed by atoms with Crippen LogP contribution in [0.4, 0.5) is 5.69 Å². The Morgan fingerprint density at radius 3 is 2.62 bits per heavy atom. The Balaban J connectivity index is 1.86. The lowest BCUT2D eigenvalue weighted by Gasteiger charge is -2.20. The van der Waals surface area contributed by atoms with Gasteiger partial charge in [-0.05, 0) is 43.9 Å². The van der Waals surface area contributed by atoms with Crippen molar-refractivity contribution in [3.8, 4) is 0 Å². The van der Waals surface area contributed by atoms with Crippen molar-refractivity contribution in [3.05, 3.63) is 29.8 Å². The van der Waals surface area contributed by atoms with Crippen LogP contribution in [0.15, 0.2) is 24.3 Å². The molecule has 1 unspecified atom stereocenters. The summed E-state index contributed by atoms with van der Waals surface area (Å²) in [4.78, 5) is 23.0. The van der Waals surface area contributed by atoms with Gasteiger partial charge in [-0.25, -0.2) is 0 Å². The molecule has 5 nitrogen and oxygen atoms in total. The number of anilines is 1. The molecule has 2 N–H and O–H groups in total. The van der Waals surface area contributed by atoms with Crippen LogP contribution in [0.5, 0.6) is 0 Å². The van der Waals surface area contributed by atoms with Crippen LogP contribution in [0.1, 0.15) is 57.4 Å². The van der Waals surface area contributed by atoms with E-state index in [2.05, 4.69) is 5.32 Å². The molecule has 1 saturated carbocycles. The van der Waals surface area contributed by atoms with Crippen molar-refractivity contribution in [1.82, 2.24) is 0 Å². The zero-order chi connectivity index (χ0) is 17.4. The topological polar surface area (TPSA) is 75.6 Å². The Morgan fingerprint density at radius 2 is 1.96 bits per heavy atom. The molecule has 1 amide bonds. The number of carboxylic acid groups (broad SMARTS) is 1. The molecule has 0 radical (unpaired) electrons. The van der Waals surface area contributed by atoms with Crippen LogP contribution in [-0.2, 0) is 20.7 Å². The average Bonchev–Trinajstić information content (AvgIpc) is 2.82. The van der Waals surface area contributed by atoms with E-state index in [9.17, 15) is 9.59 Å². The van der Waals surface area contributed by atoms with E-state index in [0.717, 1.165) is 18.4 Å². The zero-order valence-corrected chi connectivity index (χ0v) is 14.3. The summed E-state index contributed by atoms with van der Waals surface area (Å²) in [6.45, 7) is 1.79. The van der Waals surface area contributed by atoms with Crippen molar-refractivity contribution in [2.45, 2.75) is 70.5 Å². The Hall–Kier alpha value is -1.88. The molecule has 24 heavy (non-hydrogen) atoms. The fourth-order valence-electron chi connectivity index (χ4n) is 3.03. The summed E-state index contributed by atoms with van der Waals surface area (Å²) in [6.07, 6.45) is 7.13. The third-order valence-electron chi connectivity index (χ3n) is 4.39. The van der Waals surface area contributed by atoms with Crippen molar-refractivity contribution < 1.29 is 19.4 Å². The summed E-state index contributed by atoms with van der Waals surface area (Å²) in [7, 11) is 0. The van der Waals surface area contributed by atoms with Crippen LogP contribution < -0.4 is 5.32 Å². The molecule has 132 valence electrons. The number of benzene rings is 1. The van der Waals surface area contributed by atoms with Gasteiger partial charge in [0.05, 0.1) is 6.10 Å². The summed E-state index contributed by atoms with van der Waals surface area (Å²) >= 11 is 0. The SMILES string of the molecule is CC(OC1CCCCCC1)C(=O)Nc1cccc(CCC(=O)O)c1. The van der Waals surface area contributed by atoms with Gasteiger partial charge < -0.3 is 15.2 Å². The zero-order valence-electron chi connectivity index (χ0n) is 14.3. The van der Waals surface area contributed by atoms with E-state index in [0.29, 0.717) is 12.1 Å². The minimum Gasteiger partial charge on any atom is -0.481 e. The highest BCUT2D eigenvalue weighted by Crippen LogP contribution is 2.21. The number of rotatable bonds is 7. The summed E-state index contributed by atoms with van der Waals surface area (Å²) in [6, 6.07) is 7.31. The molecular weight excluding hydrogens is 306 g/mol. The van der Waals surface area contributed by atoms with E-state index in [-0.39, 0.29) is 18.4 Å². The van der Waals surface area contributed by atoms with Gasteiger partial charge in [-0.15, -0.1) is 0 Å². The number of carbonyl (C=O) groups is 2. The number of hydrogen-bond donors (Lipinski definition) is 2. The molecule has 0 bridgehead atoms. The summed E-state index contributed by atoms with van der Waals surface area (Å²) in [5.74, 6) is -0.982. The predicted octanol–water partition coefficient (Wildman–Crippen LogP) is 3.77. The van der Waals surface area contributed by atoms with Crippen molar-refractivity contribution in [2.75, 3.05) is 5.32 Å². The summed E-state index contributed by atoms with van der Waals surface area (Å²) in [5.41, 5.74) is 1.58. The van der Waals surface area contributed by atoms with E-state index in [1.165, 1.54) is 25.7 Å². The number of hydrogen-bond acceptors (Lipinski definition) is 3. The second-order valence-corrected chi connectivity index (χ2v) is 6.48. The van der Waals surface area contributed by atoms with Gasteiger partial charge in [-0.1, -0.05) is 37.8 Å². The van der Waals surface area contributed by atoms with Crippen molar-refractivity contribution >= 4 is 17.6 Å². The van der Waals surface area contributed by atoms with Crippen molar-refractivity contribution in [3.63, 3.8) is 0 Å². The Bertz CT molecular complexity index is 550. The van der Waals surface area contributed by atoms with Gasteiger partial charge in [0.1, 0.15) is 6.10 Å². The van der Waals surface area contributed by atoms with Gasteiger partial charge in [0.15, 0.2) is 0 Å². The maximum Gasteiger partial charge on any atom is 0.303 e. The number of aliphatic carboxylic acids is 1. The average molecular weight is 333 g/mol. The lowest BCUT2D eigenvalue weighted by Crippen LogP contribution is -2.31. The molecule has 0 aromatic heterocycles. The van der Waals surface area contributed by atoms with Crippen LogP contribution in [0, 0.1) is 0 Å². The highest BCUT2D eigenvalue weighted by Gasteiger charge is 2.20. The largest absolute Gasteiger partial charge is 0.481 e. The smallest absolute Gasteiger partial charge is 0.303 e. The van der Waals surface area contributed by atoms with E-state index >= 15 is 0 Å². The van der Waals surface area contributed by atoms with E-state index in [1.54, 1.807) is 13.0 Å². The van der Waals surface area contributed by atoms with Crippen LogP contribution in [0.3, 0.4) is 0 Å². The molecule has 2 rings (SSSR count). The molecule has 1 fully saturated rings. The van der Waals surface area contributed by atoms with Crippen molar-refractivity contribution in [1.29, 1.82) is 0 Å². The molecule has 0 heterocycles. The first kappa shape index (κ1) is 18.5. The molecule has 0 spiro atoms. The maximum absolute atomic E-state index is 12.3. The lowest BCUT2D eigenvalue weighted by molar-refractivity contribution is -0.137. The van der Waals surface area contributed by atoms with E-state index in [1.807, 2.05) is 18.2 Å². The Labute approximate surface area is 143 Å². The second kappa shape index (κ2) is 9.42. The van der Waals surface area contributed by atoms with Gasteiger partial charge in [0.25, 0.3) is 5.91 Å². The monoisotopic (exact) mass is 333 g/mol. The van der Waals surface area contributed by atoms with Gasteiger partial charge >= 0.3 is 5.97 Å². The van der Waals surface area contributed by atoms with Gasteiger partial charge in [0.2, 0.25) is 0 Å². The number of amides is 1. The lowest BCUT2D eigenvalue weighted by atomic mass is 10.1. The minimum atomic E-state index is -0.824. The molecule has 0 saturated heterocycles. The second-order valence-electron chi connectivity index (χ2n) is 6.48. The highest BCUT2D eigenvalue weighted by atomic mass is 16.5. The third kappa shape index (κ3) is 6.32. The number of aryl methyl sites for hydroxylation is 1. The first-order valence-electron chi connectivity index (χ1n) is 8.81. The van der Waals surface area contributed by atoms with Crippen LogP contribution in [-0.4, -0.2) is 29.2 Å². The first-order valence-corrected chi connectivity index (χ1v) is 8.81. The number of carbonyl (C=O) groups excluding carboxylic acids is 1. The van der Waals surface area contributed by atoms with E-state index < -0.39 is 12.1 Å². The molecular formula is C19H27NO4. The summed E-state index contributed by atoms with van der Waals surface area (Å²) < 4.78 is 5.92. The molecule has 1 aliphatic rings. The van der Waals surface area contributed by atoms with E-state index in [4.69, 9.17) is 9.84 Å². The highest BCUT2D eigenvalue weighted by molar-refractivity contribution is 5.93. The predicted molar refractivity (Wildman–Crippen MR) is 93.1 cm³/mol. The number of nitrogens with one attached hydrogen (secondary N) is 1. The number of ether oxygens (including phenoxy) is 1. The Morgan fingerprint density at radius 1 is 1.25 bits per heavy atom. The molecule has 1 aliphatic carbocycles. The molecule has 1 atom stereocenters. The van der Waals surface area contributed by atoms with Crippen LogP contribution in [0.25, 0.3) is 0 Å². The molecule has 1 aromatic carbocycles. The fraction of sp³-hybridized carbons (Fsp3) is 0.579. The fourth-order valence-corrected chi connectivity index (χ4v) is 3.03. The van der Waals surface area contributed by atoms with Crippen molar-refractivity contribution in [2.24, 2.45) is 0 Å². The van der Waals surface area contributed by atoms with Crippen LogP contribution >= 0.6 is 0 Å². The number of carboxylic acids is 1. The van der Waals surface area contributed by atoms with Crippen LogP contribution in [0.2, 0.25) is 0 Å². The Kier molecular flexibility index (Phi) is 7.25. The minimum absolute atomic E-state index is 0.0819. The van der Waals surface area contributed by atoms with Gasteiger partial charge in [0, 0.05) is 12.1 Å². The standard InChI is InChI=1S/C19H27NO4/c1-14(24-17-9-4-2-3-5-10-17)19(23)20-16-8-6-7-15(13-16)11-12-18(21)22/h6-8,13-14,17H,2-5,9-12H2,1H3,(H,20,23)(H,21,22). The normalized spacial score (nSPS) is 17.0. The quantitative estimate of drug-likeness (QED) is 0.745. The maximum atomic E-state index is 12.3. The van der Waals surface area contributed by atoms with Gasteiger partial charge in [-0.3, -0.25) is 9.59 Å². The molecule has 1 aromatic rings.